The van der Waals surface area contributed by atoms with Crippen molar-refractivity contribution in [3.63, 3.8) is 0 Å². The molecule has 0 aliphatic heterocycles. The van der Waals surface area contributed by atoms with E-state index in [2.05, 4.69) is 25.9 Å². The lowest BCUT2D eigenvalue weighted by Gasteiger charge is -2.17. The van der Waals surface area contributed by atoms with E-state index in [0.717, 1.165) is 25.7 Å². The normalized spacial score (nSPS) is 13.9. The lowest BCUT2D eigenvalue weighted by molar-refractivity contribution is 0.114. The van der Waals surface area contributed by atoms with Crippen molar-refractivity contribution >= 4 is 7.82 Å². The molecule has 0 aromatic carbocycles. The Morgan fingerprint density at radius 3 is 1.46 bits per heavy atom. The molecule has 0 aliphatic rings. The van der Waals surface area contributed by atoms with Crippen molar-refractivity contribution in [3.8, 4) is 0 Å². The van der Waals surface area contributed by atoms with Gasteiger partial charge in [-0.15, -0.1) is 0 Å². The molecule has 0 aromatic heterocycles. The Balaban J connectivity index is 3.64. The predicted octanol–water partition coefficient (Wildman–Crippen LogP) is 7.21. The summed E-state index contributed by atoms with van der Waals surface area (Å²) in [7, 11) is 0.879. The zero-order valence-electron chi connectivity index (χ0n) is 19.3. The van der Waals surface area contributed by atoms with Gasteiger partial charge in [-0.05, 0) is 46.8 Å². The van der Waals surface area contributed by atoms with Crippen LogP contribution in [0.25, 0.3) is 0 Å². The van der Waals surface area contributed by atoms with Gasteiger partial charge in [0.15, 0.2) is 0 Å². The molecule has 1 atom stereocenters. The van der Waals surface area contributed by atoms with E-state index in [-0.39, 0.29) is 0 Å². The Kier molecular flexibility index (Phi) is 20.4. The summed E-state index contributed by atoms with van der Waals surface area (Å²) >= 11 is 0. The molecule has 0 N–H and O–H groups in total. The van der Waals surface area contributed by atoms with Gasteiger partial charge in [-0.2, -0.15) is 0 Å². The first-order valence-electron chi connectivity index (χ1n) is 11.7. The van der Waals surface area contributed by atoms with Crippen molar-refractivity contribution in [2.24, 2.45) is 0 Å². The number of hydrogen-bond acceptors (Lipinski definition) is 5. The van der Waals surface area contributed by atoms with Crippen LogP contribution in [0.4, 0.5) is 0 Å². The lowest BCUT2D eigenvalue weighted by atomic mass is 10.1. The SMILES string of the molecule is CCCCCCCCCOP(=O)(OCC)OCCCCCCCCCN(C)C. The topological polar surface area (TPSA) is 48.0 Å². The van der Waals surface area contributed by atoms with E-state index in [1.54, 1.807) is 0 Å². The minimum absolute atomic E-state index is 0.348. The van der Waals surface area contributed by atoms with E-state index in [1.165, 1.54) is 70.8 Å². The molecule has 28 heavy (non-hydrogen) atoms. The Labute approximate surface area is 175 Å². The molecule has 0 rings (SSSR count). The second kappa shape index (κ2) is 20.3. The van der Waals surface area contributed by atoms with Gasteiger partial charge in [-0.25, -0.2) is 4.57 Å². The Hall–Kier alpha value is 0.0700. The second-order valence-electron chi connectivity index (χ2n) is 7.93. The molecule has 6 heteroatoms. The molecule has 0 saturated carbocycles. The van der Waals surface area contributed by atoms with Gasteiger partial charge in [0.25, 0.3) is 0 Å². The largest absolute Gasteiger partial charge is 0.474 e. The monoisotopic (exact) mass is 421 g/mol. The molecule has 0 radical (unpaired) electrons. The van der Waals surface area contributed by atoms with Gasteiger partial charge in [-0.1, -0.05) is 77.6 Å². The van der Waals surface area contributed by atoms with Crippen molar-refractivity contribution in [1.82, 2.24) is 4.90 Å². The van der Waals surface area contributed by atoms with Crippen LogP contribution >= 0.6 is 7.82 Å². The van der Waals surface area contributed by atoms with Gasteiger partial charge in [-0.3, -0.25) is 13.6 Å². The summed E-state index contributed by atoms with van der Waals surface area (Å²) in [5, 5.41) is 0. The molecule has 0 spiro atoms. The summed E-state index contributed by atoms with van der Waals surface area (Å²) in [6.07, 6.45) is 16.8. The molecule has 0 saturated heterocycles. The third-order valence-electron chi connectivity index (χ3n) is 4.78. The highest BCUT2D eigenvalue weighted by molar-refractivity contribution is 7.48. The van der Waals surface area contributed by atoms with Gasteiger partial charge in [0.2, 0.25) is 0 Å². The van der Waals surface area contributed by atoms with Crippen molar-refractivity contribution in [3.05, 3.63) is 0 Å². The molecule has 0 aromatic rings. The van der Waals surface area contributed by atoms with Gasteiger partial charge in [0.1, 0.15) is 0 Å². The van der Waals surface area contributed by atoms with Gasteiger partial charge in [0.05, 0.1) is 19.8 Å². The van der Waals surface area contributed by atoms with Crippen LogP contribution in [0.2, 0.25) is 0 Å². The van der Waals surface area contributed by atoms with E-state index in [1.807, 2.05) is 6.92 Å². The summed E-state index contributed by atoms with van der Waals surface area (Å²) in [4.78, 5) is 2.24. The third-order valence-corrected chi connectivity index (χ3v) is 6.36. The highest BCUT2D eigenvalue weighted by atomic mass is 31.2. The summed E-state index contributed by atoms with van der Waals surface area (Å²) in [6.45, 7) is 6.49. The molecule has 0 fully saturated rings. The maximum absolute atomic E-state index is 12.6. The number of phosphoric acid groups is 1. The van der Waals surface area contributed by atoms with Crippen LogP contribution < -0.4 is 0 Å². The van der Waals surface area contributed by atoms with Crippen LogP contribution in [0.1, 0.15) is 104 Å². The van der Waals surface area contributed by atoms with Crippen LogP contribution in [-0.2, 0) is 18.1 Å². The van der Waals surface area contributed by atoms with Crippen LogP contribution in [0.15, 0.2) is 0 Å². The van der Waals surface area contributed by atoms with E-state index in [0.29, 0.717) is 19.8 Å². The van der Waals surface area contributed by atoms with E-state index in [9.17, 15) is 4.57 Å². The van der Waals surface area contributed by atoms with Gasteiger partial charge < -0.3 is 4.90 Å². The average Bonchev–Trinajstić information content (AvgIpc) is 2.65. The average molecular weight is 422 g/mol. The zero-order chi connectivity index (χ0) is 20.9. The van der Waals surface area contributed by atoms with E-state index in [4.69, 9.17) is 13.6 Å². The first kappa shape index (κ1) is 28.1. The molecule has 0 heterocycles. The molecular formula is C22H48NO4P. The third kappa shape index (κ3) is 19.4. The number of phosphoric ester groups is 1. The zero-order valence-corrected chi connectivity index (χ0v) is 20.1. The minimum atomic E-state index is -3.37. The van der Waals surface area contributed by atoms with Crippen molar-refractivity contribution in [1.29, 1.82) is 0 Å². The summed E-state index contributed by atoms with van der Waals surface area (Å²) < 4.78 is 28.9. The quantitative estimate of drug-likeness (QED) is 0.137. The highest BCUT2D eigenvalue weighted by Gasteiger charge is 2.25. The first-order valence-corrected chi connectivity index (χ1v) is 13.2. The first-order chi connectivity index (χ1) is 13.5. The summed E-state index contributed by atoms with van der Waals surface area (Å²) in [6, 6.07) is 0. The molecule has 0 amide bonds. The Morgan fingerprint density at radius 1 is 0.607 bits per heavy atom. The second-order valence-corrected chi connectivity index (χ2v) is 9.60. The molecule has 170 valence electrons. The minimum Gasteiger partial charge on any atom is -0.309 e. The summed E-state index contributed by atoms with van der Waals surface area (Å²) in [5.74, 6) is 0. The van der Waals surface area contributed by atoms with Gasteiger partial charge >= 0.3 is 7.82 Å². The maximum Gasteiger partial charge on any atom is 0.474 e. The number of hydrogen-bond donors (Lipinski definition) is 0. The van der Waals surface area contributed by atoms with Crippen molar-refractivity contribution in [2.45, 2.75) is 104 Å². The van der Waals surface area contributed by atoms with Crippen LogP contribution in [0.5, 0.6) is 0 Å². The van der Waals surface area contributed by atoms with E-state index >= 15 is 0 Å². The van der Waals surface area contributed by atoms with E-state index < -0.39 is 7.82 Å². The number of unbranched alkanes of at least 4 members (excludes halogenated alkanes) is 12. The lowest BCUT2D eigenvalue weighted by Crippen LogP contribution is -2.12. The highest BCUT2D eigenvalue weighted by Crippen LogP contribution is 2.49. The molecule has 1 unspecified atom stereocenters. The smallest absolute Gasteiger partial charge is 0.309 e. The fraction of sp³-hybridized carbons (Fsp3) is 1.00. The predicted molar refractivity (Wildman–Crippen MR) is 120 cm³/mol. The van der Waals surface area contributed by atoms with Crippen molar-refractivity contribution in [2.75, 3.05) is 40.5 Å². The van der Waals surface area contributed by atoms with Gasteiger partial charge in [0, 0.05) is 0 Å². The summed E-state index contributed by atoms with van der Waals surface area (Å²) in [5.41, 5.74) is 0. The fourth-order valence-corrected chi connectivity index (χ4v) is 4.34. The standard InChI is InChI=1S/C22H48NO4P/c1-5-7-8-9-12-15-18-21-26-28(24,25-6-2)27-22-19-16-13-10-11-14-17-20-23(3)4/h5-22H2,1-4H3. The molecule has 5 nitrogen and oxygen atoms in total. The maximum atomic E-state index is 12.6. The van der Waals surface area contributed by atoms with Crippen LogP contribution in [0, 0.1) is 0 Å². The Bertz CT molecular complexity index is 366. The van der Waals surface area contributed by atoms with Crippen molar-refractivity contribution < 1.29 is 18.1 Å². The van der Waals surface area contributed by atoms with Crippen LogP contribution in [-0.4, -0.2) is 45.4 Å². The number of rotatable bonds is 22. The van der Waals surface area contributed by atoms with Crippen LogP contribution in [0.3, 0.4) is 0 Å². The molecular weight excluding hydrogens is 373 g/mol. The molecule has 0 bridgehead atoms. The number of nitrogens with zero attached hydrogens (tertiary/aromatic N) is 1. The molecule has 0 aliphatic carbocycles. The Morgan fingerprint density at radius 2 is 1.04 bits per heavy atom. The fourth-order valence-electron chi connectivity index (χ4n) is 3.10.